The molecule has 6 nitrogen and oxygen atoms in total. The van der Waals surface area contributed by atoms with E-state index in [1.807, 2.05) is 95.3 Å². The Morgan fingerprint density at radius 3 is 2.24 bits per heavy atom. The summed E-state index contributed by atoms with van der Waals surface area (Å²) in [5, 5.41) is 18.7. The summed E-state index contributed by atoms with van der Waals surface area (Å²) in [5.41, 5.74) is 2.16. The maximum absolute atomic E-state index is 12.5. The SMILES string of the molecule is CNC(=O)C(O)(C#Cc1cc(C)ccc1C)CC(C)(C)c1ccccc1.Cc1noc(=O)c2ccccc12. The van der Waals surface area contributed by atoms with E-state index >= 15 is 0 Å². The molecule has 6 heteroatoms. The fourth-order valence-corrected chi connectivity index (χ4v) is 4.25. The first-order chi connectivity index (χ1) is 18.0. The molecule has 38 heavy (non-hydrogen) atoms. The average Bonchev–Trinajstić information content (AvgIpc) is 2.91. The molecule has 1 unspecified atom stereocenters. The second-order valence-corrected chi connectivity index (χ2v) is 10.0. The normalized spacial score (nSPS) is 12.4. The molecular formula is C32H34N2O4. The summed E-state index contributed by atoms with van der Waals surface area (Å²) in [6.07, 6.45) is 0.196. The first kappa shape index (κ1) is 28.4. The van der Waals surface area contributed by atoms with E-state index in [1.165, 1.54) is 7.05 Å². The van der Waals surface area contributed by atoms with Gasteiger partial charge in [-0.1, -0.05) is 91.5 Å². The molecule has 1 heterocycles. The Labute approximate surface area is 223 Å². The molecule has 0 aliphatic rings. The predicted octanol–water partition coefficient (Wildman–Crippen LogP) is 5.00. The Hall–Kier alpha value is -4.21. The summed E-state index contributed by atoms with van der Waals surface area (Å²) in [7, 11) is 1.52. The van der Waals surface area contributed by atoms with Crippen LogP contribution in [-0.4, -0.2) is 28.8 Å². The molecule has 0 aliphatic carbocycles. The molecule has 3 aromatic carbocycles. The number of carbonyl (C=O) groups is 1. The zero-order valence-corrected chi connectivity index (χ0v) is 22.8. The van der Waals surface area contributed by atoms with Gasteiger partial charge in [0.2, 0.25) is 5.60 Å². The first-order valence-electron chi connectivity index (χ1n) is 12.4. The van der Waals surface area contributed by atoms with Crippen LogP contribution in [0, 0.1) is 32.6 Å². The number of carbonyl (C=O) groups excluding carboxylic acids is 1. The first-order valence-corrected chi connectivity index (χ1v) is 12.4. The number of fused-ring (bicyclic) bond motifs is 1. The van der Waals surface area contributed by atoms with Gasteiger partial charge in [-0.3, -0.25) is 4.79 Å². The highest BCUT2D eigenvalue weighted by Gasteiger charge is 2.40. The lowest BCUT2D eigenvalue weighted by atomic mass is 9.75. The lowest BCUT2D eigenvalue weighted by Crippen LogP contribution is -2.48. The zero-order valence-electron chi connectivity index (χ0n) is 22.8. The van der Waals surface area contributed by atoms with Crippen molar-refractivity contribution in [2.45, 2.75) is 52.1 Å². The van der Waals surface area contributed by atoms with Crippen molar-refractivity contribution in [3.8, 4) is 11.8 Å². The monoisotopic (exact) mass is 510 g/mol. The number of aryl methyl sites for hydroxylation is 3. The van der Waals surface area contributed by atoms with E-state index in [0.29, 0.717) is 5.39 Å². The summed E-state index contributed by atoms with van der Waals surface area (Å²) in [6.45, 7) is 9.79. The van der Waals surface area contributed by atoms with Crippen LogP contribution in [-0.2, 0) is 10.2 Å². The van der Waals surface area contributed by atoms with E-state index in [4.69, 9.17) is 0 Å². The van der Waals surface area contributed by atoms with Gasteiger partial charge in [0.05, 0.1) is 11.1 Å². The topological polar surface area (TPSA) is 92.4 Å². The van der Waals surface area contributed by atoms with Gasteiger partial charge in [-0.2, -0.15) is 0 Å². The minimum atomic E-state index is -1.77. The molecule has 0 bridgehead atoms. The number of aliphatic hydroxyl groups is 1. The fourth-order valence-electron chi connectivity index (χ4n) is 4.25. The molecule has 4 rings (SSSR count). The van der Waals surface area contributed by atoms with Gasteiger partial charge in [0.1, 0.15) is 0 Å². The molecular weight excluding hydrogens is 476 g/mol. The van der Waals surface area contributed by atoms with E-state index in [9.17, 15) is 14.7 Å². The van der Waals surface area contributed by atoms with Crippen LogP contribution in [0.15, 0.2) is 82.1 Å². The molecule has 1 amide bonds. The van der Waals surface area contributed by atoms with Gasteiger partial charge in [0, 0.05) is 24.4 Å². The minimum absolute atomic E-state index is 0.196. The Kier molecular flexibility index (Phi) is 8.88. The molecule has 0 spiro atoms. The van der Waals surface area contributed by atoms with Crippen molar-refractivity contribution < 1.29 is 14.4 Å². The smallest absolute Gasteiger partial charge is 0.366 e. The minimum Gasteiger partial charge on any atom is -0.369 e. The van der Waals surface area contributed by atoms with Crippen LogP contribution in [0.4, 0.5) is 0 Å². The van der Waals surface area contributed by atoms with Crippen molar-refractivity contribution in [1.29, 1.82) is 0 Å². The summed E-state index contributed by atoms with van der Waals surface area (Å²) in [4.78, 5) is 23.6. The number of rotatable bonds is 4. The molecule has 2 N–H and O–H groups in total. The highest BCUT2D eigenvalue weighted by Crippen LogP contribution is 2.32. The number of likely N-dealkylation sites (N-methyl/N-ethyl adjacent to an activating group) is 1. The predicted molar refractivity (Wildman–Crippen MR) is 151 cm³/mol. The van der Waals surface area contributed by atoms with Crippen molar-refractivity contribution in [2.24, 2.45) is 0 Å². The molecule has 0 saturated carbocycles. The average molecular weight is 511 g/mol. The quantitative estimate of drug-likeness (QED) is 0.377. The lowest BCUT2D eigenvalue weighted by Gasteiger charge is -2.32. The number of benzene rings is 3. The largest absolute Gasteiger partial charge is 0.369 e. The number of aromatic nitrogens is 1. The Bertz CT molecular complexity index is 1540. The van der Waals surface area contributed by atoms with Crippen LogP contribution in [0.3, 0.4) is 0 Å². The molecule has 0 saturated heterocycles. The molecule has 196 valence electrons. The van der Waals surface area contributed by atoms with Crippen molar-refractivity contribution in [2.75, 3.05) is 7.05 Å². The van der Waals surface area contributed by atoms with Crippen LogP contribution in [0.5, 0.6) is 0 Å². The number of amides is 1. The van der Waals surface area contributed by atoms with Crippen molar-refractivity contribution in [1.82, 2.24) is 10.5 Å². The van der Waals surface area contributed by atoms with Crippen LogP contribution in [0.2, 0.25) is 0 Å². The van der Waals surface area contributed by atoms with Gasteiger partial charge < -0.3 is 14.9 Å². The number of hydrogen-bond acceptors (Lipinski definition) is 5. The van der Waals surface area contributed by atoms with Crippen molar-refractivity contribution >= 4 is 16.7 Å². The van der Waals surface area contributed by atoms with Crippen LogP contribution >= 0.6 is 0 Å². The van der Waals surface area contributed by atoms with Gasteiger partial charge in [-0.05, 0) is 55.0 Å². The molecule has 0 radical (unpaired) electrons. The number of nitrogens with zero attached hydrogens (tertiary/aromatic N) is 1. The third-order valence-corrected chi connectivity index (χ3v) is 6.46. The fraction of sp³-hybridized carbons (Fsp3) is 0.281. The van der Waals surface area contributed by atoms with Gasteiger partial charge in [0.25, 0.3) is 5.91 Å². The van der Waals surface area contributed by atoms with E-state index in [1.54, 1.807) is 12.1 Å². The molecule has 1 aromatic heterocycles. The molecule has 0 fully saturated rings. The summed E-state index contributed by atoms with van der Waals surface area (Å²) in [6, 6.07) is 23.1. The van der Waals surface area contributed by atoms with Gasteiger partial charge in [0.15, 0.2) is 0 Å². The number of nitrogens with one attached hydrogen (secondary N) is 1. The lowest BCUT2D eigenvalue weighted by molar-refractivity contribution is -0.135. The van der Waals surface area contributed by atoms with Crippen molar-refractivity contribution in [3.63, 3.8) is 0 Å². The standard InChI is InChI=1S/C23H27NO2.C9H7NO2/c1-17-11-12-18(2)19(15-17)13-14-23(26,21(25)24-5)16-22(3,4)20-9-7-6-8-10-20;1-6-7-4-2-3-5-8(7)9(11)12-10-6/h6-12,15,26H,16H2,1-5H3,(H,24,25);2-5H,1H3. The third-order valence-electron chi connectivity index (χ3n) is 6.46. The van der Waals surface area contributed by atoms with Crippen LogP contribution in [0.25, 0.3) is 10.8 Å². The van der Waals surface area contributed by atoms with Gasteiger partial charge >= 0.3 is 5.63 Å². The second-order valence-electron chi connectivity index (χ2n) is 10.0. The van der Waals surface area contributed by atoms with Gasteiger partial charge in [-0.25, -0.2) is 4.79 Å². The van der Waals surface area contributed by atoms with Crippen molar-refractivity contribution in [3.05, 3.63) is 111 Å². The number of hydrogen-bond donors (Lipinski definition) is 2. The zero-order chi connectivity index (χ0) is 27.9. The maximum Gasteiger partial charge on any atom is 0.366 e. The second kappa shape index (κ2) is 11.9. The Balaban J connectivity index is 0.000000275. The summed E-state index contributed by atoms with van der Waals surface area (Å²) in [5.74, 6) is 5.39. The van der Waals surface area contributed by atoms with E-state index in [0.717, 1.165) is 33.3 Å². The molecule has 1 atom stereocenters. The van der Waals surface area contributed by atoms with E-state index in [-0.39, 0.29) is 12.0 Å². The highest BCUT2D eigenvalue weighted by atomic mass is 16.5. The van der Waals surface area contributed by atoms with E-state index in [2.05, 4.69) is 26.8 Å². The Morgan fingerprint density at radius 2 is 1.61 bits per heavy atom. The van der Waals surface area contributed by atoms with Crippen LogP contribution < -0.4 is 10.9 Å². The van der Waals surface area contributed by atoms with Gasteiger partial charge in [-0.15, -0.1) is 0 Å². The summed E-state index contributed by atoms with van der Waals surface area (Å²) >= 11 is 0. The third kappa shape index (κ3) is 6.76. The molecule has 4 aromatic rings. The Morgan fingerprint density at radius 1 is 0.974 bits per heavy atom. The molecule has 0 aliphatic heterocycles. The maximum atomic E-state index is 12.5. The van der Waals surface area contributed by atoms with Crippen LogP contribution in [0.1, 0.15) is 48.2 Å². The summed E-state index contributed by atoms with van der Waals surface area (Å²) < 4.78 is 4.57. The van der Waals surface area contributed by atoms with E-state index < -0.39 is 16.9 Å². The highest BCUT2D eigenvalue weighted by molar-refractivity contribution is 5.88.